The summed E-state index contributed by atoms with van der Waals surface area (Å²) in [7, 11) is 0.278. The van der Waals surface area contributed by atoms with Gasteiger partial charge in [-0.2, -0.15) is 0 Å². The molecule has 0 N–H and O–H groups in total. The molecule has 0 heterocycles. The van der Waals surface area contributed by atoms with Gasteiger partial charge >= 0.3 is 0 Å². The van der Waals surface area contributed by atoms with Gasteiger partial charge in [0.25, 0.3) is 19.5 Å². The van der Waals surface area contributed by atoms with Gasteiger partial charge in [0.2, 0.25) is 0 Å². The molecule has 0 aliphatic rings. The van der Waals surface area contributed by atoms with Gasteiger partial charge in [0, 0.05) is 10.1 Å². The molecule has 0 saturated heterocycles. The van der Waals surface area contributed by atoms with Crippen molar-refractivity contribution in [1.82, 2.24) is 0 Å². The van der Waals surface area contributed by atoms with Crippen molar-refractivity contribution in [1.29, 1.82) is 0 Å². The highest BCUT2D eigenvalue weighted by molar-refractivity contribution is 6.38. The molecule has 0 aromatic rings. The molecule has 0 aromatic carbocycles. The van der Waals surface area contributed by atoms with Crippen molar-refractivity contribution in [3.63, 3.8) is 0 Å². The Bertz CT molecular complexity index is 629. The van der Waals surface area contributed by atoms with Crippen LogP contribution in [0.1, 0.15) is 125 Å². The Kier molecular flexibility index (Phi) is 9.90. The number of allylic oxidation sites excluding steroid dienone is 2. The van der Waals surface area contributed by atoms with E-state index in [9.17, 15) is 0 Å². The van der Waals surface area contributed by atoms with Crippen molar-refractivity contribution in [3.05, 3.63) is 24.3 Å². The van der Waals surface area contributed by atoms with Crippen molar-refractivity contribution in [3.8, 4) is 0 Å². The molecule has 0 spiro atoms. The van der Waals surface area contributed by atoms with Gasteiger partial charge in [-0.3, -0.25) is 9.15 Å². The highest BCUT2D eigenvalue weighted by Crippen LogP contribution is 2.66. The highest BCUT2D eigenvalue weighted by atomic mass is 28.2. The minimum Gasteiger partial charge on any atom is -0.298 e. The fourth-order valence-electron chi connectivity index (χ4n) is 6.09. The first-order valence-corrected chi connectivity index (χ1v) is 14.6. The van der Waals surface area contributed by atoms with E-state index >= 15 is 0 Å². The summed E-state index contributed by atoms with van der Waals surface area (Å²) in [6.45, 7) is 50.6. The minimum atomic E-state index is -0.254. The second-order valence-electron chi connectivity index (χ2n) is 16.3. The van der Waals surface area contributed by atoms with Gasteiger partial charge in [0.1, 0.15) is 0 Å². The first-order chi connectivity index (χ1) is 14.5. The molecule has 0 aliphatic carbocycles. The third-order valence-electron chi connectivity index (χ3n) is 7.65. The summed E-state index contributed by atoms with van der Waals surface area (Å²) in [4.78, 5) is 0. The van der Waals surface area contributed by atoms with Gasteiger partial charge in [-0.15, -0.1) is 0 Å². The Morgan fingerprint density at radius 3 is 0.706 bits per heavy atom. The Morgan fingerprint density at radius 1 is 0.412 bits per heavy atom. The lowest BCUT2D eigenvalue weighted by atomic mass is 9.58. The van der Waals surface area contributed by atoms with Crippen LogP contribution in [0.2, 0.25) is 10.1 Å². The summed E-state index contributed by atoms with van der Waals surface area (Å²) in [6.07, 6.45) is 0. The molecule has 0 rings (SSSR count). The molecule has 0 saturated carbocycles. The van der Waals surface area contributed by atoms with Crippen molar-refractivity contribution in [2.24, 2.45) is 32.5 Å². The monoisotopic (exact) mass is 506 g/mol. The maximum absolute atomic E-state index is 6.32. The van der Waals surface area contributed by atoms with Crippen LogP contribution >= 0.6 is 0 Å². The second-order valence-corrected chi connectivity index (χ2v) is 18.6. The van der Waals surface area contributed by atoms with Crippen LogP contribution < -0.4 is 0 Å². The van der Waals surface area contributed by atoms with Crippen LogP contribution in [-0.2, 0) is 9.15 Å². The van der Waals surface area contributed by atoms with Crippen molar-refractivity contribution >= 4 is 19.5 Å². The van der Waals surface area contributed by atoms with Crippen LogP contribution in [0.5, 0.6) is 0 Å². The molecule has 0 atom stereocenters. The van der Waals surface area contributed by atoms with Crippen molar-refractivity contribution in [2.45, 2.75) is 135 Å². The van der Waals surface area contributed by atoms with Crippen LogP contribution in [0.3, 0.4) is 0 Å². The second kappa shape index (κ2) is 9.95. The smallest absolute Gasteiger partial charge is 0.293 e. The van der Waals surface area contributed by atoms with Gasteiger partial charge in [0.05, 0.1) is 0 Å². The third kappa shape index (κ3) is 6.39. The van der Waals surface area contributed by atoms with Crippen LogP contribution in [0.4, 0.5) is 0 Å². The molecule has 34 heavy (non-hydrogen) atoms. The van der Waals surface area contributed by atoms with E-state index in [-0.39, 0.29) is 62.1 Å². The molecule has 4 heteroatoms. The van der Waals surface area contributed by atoms with Crippen molar-refractivity contribution in [2.75, 3.05) is 0 Å². The first-order valence-electron chi connectivity index (χ1n) is 12.8. The predicted octanol–water partition coefficient (Wildman–Crippen LogP) is 9.88. The molecule has 0 aliphatic heterocycles. The molecule has 198 valence electrons. The molecular weight excluding hydrogens is 449 g/mol. The zero-order valence-corrected chi connectivity index (χ0v) is 28.2. The Hall–Kier alpha value is -0.166. The van der Waals surface area contributed by atoms with Gasteiger partial charge in [-0.1, -0.05) is 149 Å². The molecule has 0 unspecified atom stereocenters. The molecule has 0 amide bonds. The molecule has 4 radical (unpaired) electrons. The summed E-state index contributed by atoms with van der Waals surface area (Å²) in [5.41, 5.74) is 2.15. The Morgan fingerprint density at radius 2 is 0.588 bits per heavy atom. The summed E-state index contributed by atoms with van der Waals surface area (Å²) in [5, 5.41) is -0.508. The largest absolute Gasteiger partial charge is 0.298 e. The number of rotatable bonds is 7. The summed E-state index contributed by atoms with van der Waals surface area (Å²) >= 11 is 0. The topological polar surface area (TPSA) is 18.5 Å². The van der Waals surface area contributed by atoms with Gasteiger partial charge < -0.3 is 0 Å². The zero-order chi connectivity index (χ0) is 28.0. The lowest BCUT2D eigenvalue weighted by molar-refractivity contribution is -0.118. The number of hydrogen-bond acceptors (Lipinski definition) is 2. The molecular formula is C30H58O2Si2. The molecule has 0 aromatic heterocycles. The highest BCUT2D eigenvalue weighted by Gasteiger charge is 2.58. The lowest BCUT2D eigenvalue weighted by Gasteiger charge is -2.57. The minimum absolute atomic E-state index is 0.0414. The van der Waals surface area contributed by atoms with E-state index in [0.717, 1.165) is 0 Å². The van der Waals surface area contributed by atoms with E-state index in [1.54, 1.807) is 0 Å². The normalized spacial score (nSPS) is 15.5. The predicted molar refractivity (Wildman–Crippen MR) is 154 cm³/mol. The zero-order valence-electron chi connectivity index (χ0n) is 26.2. The quantitative estimate of drug-likeness (QED) is 0.112. The maximum atomic E-state index is 6.32. The molecule has 0 bridgehead atoms. The average Bonchev–Trinajstić information content (AvgIpc) is 2.50. The van der Waals surface area contributed by atoms with E-state index in [0.29, 0.717) is 0 Å². The van der Waals surface area contributed by atoms with Crippen LogP contribution in [-0.4, -0.2) is 19.5 Å². The SMILES string of the molecule is C=C(C(C)(C)C)C([Si]OO[Si]C(C(=C)C(C)(C)C)(C(C)(C)C)C(C)(C)C)(C(C)(C)C)C(C)(C)C. The Labute approximate surface area is 219 Å². The van der Waals surface area contributed by atoms with Gasteiger partial charge in [-0.25, -0.2) is 0 Å². The maximum Gasteiger partial charge on any atom is 0.293 e. The van der Waals surface area contributed by atoms with Crippen molar-refractivity contribution < 1.29 is 9.15 Å². The van der Waals surface area contributed by atoms with Crippen LogP contribution in [0.15, 0.2) is 24.3 Å². The summed E-state index contributed by atoms with van der Waals surface area (Å²) in [5.74, 6) is 0. The van der Waals surface area contributed by atoms with E-state index < -0.39 is 0 Å². The average molecular weight is 507 g/mol. The van der Waals surface area contributed by atoms with E-state index in [1.807, 2.05) is 0 Å². The molecule has 2 nitrogen and oxygen atoms in total. The van der Waals surface area contributed by atoms with E-state index in [1.165, 1.54) is 11.1 Å². The summed E-state index contributed by atoms with van der Waals surface area (Å²) in [6, 6.07) is 0. The summed E-state index contributed by atoms with van der Waals surface area (Å²) < 4.78 is 12.6. The van der Waals surface area contributed by atoms with E-state index in [2.05, 4.69) is 138 Å². The molecule has 0 fully saturated rings. The number of hydrogen-bond donors (Lipinski definition) is 0. The lowest BCUT2D eigenvalue weighted by Crippen LogP contribution is -2.51. The fraction of sp³-hybridized carbons (Fsp3) is 0.867. The van der Waals surface area contributed by atoms with Crippen LogP contribution in [0, 0.1) is 32.5 Å². The standard InChI is InChI=1S/C30H58O2Si2/c1-21(23(3,4)5)29(25(9,10)11,26(12,13)14)33-31-32-34-30(27(15,16)17,28(18,19)20)22(2)24(6,7)8/h1-2H2,3-20H3. The van der Waals surface area contributed by atoms with Gasteiger partial charge in [-0.05, 0) is 32.5 Å². The van der Waals surface area contributed by atoms with Crippen LogP contribution in [0.25, 0.3) is 0 Å². The van der Waals surface area contributed by atoms with Gasteiger partial charge in [0.15, 0.2) is 0 Å². The first kappa shape index (κ1) is 33.8. The Balaban J connectivity index is 6.44. The van der Waals surface area contributed by atoms with E-state index in [4.69, 9.17) is 9.15 Å². The third-order valence-corrected chi connectivity index (χ3v) is 12.4. The fourth-order valence-corrected chi connectivity index (χ4v) is 8.89.